The van der Waals surface area contributed by atoms with E-state index in [0.717, 1.165) is 23.3 Å². The minimum absolute atomic E-state index is 0.647. The Balaban J connectivity index is 1.99. The Morgan fingerprint density at radius 3 is 2.50 bits per heavy atom. The van der Waals surface area contributed by atoms with E-state index in [9.17, 15) is 0 Å². The van der Waals surface area contributed by atoms with Gasteiger partial charge in [0.05, 0.1) is 16.7 Å². The molecule has 0 saturated heterocycles. The van der Waals surface area contributed by atoms with Gasteiger partial charge in [0.1, 0.15) is 0 Å². The molecule has 0 bridgehead atoms. The second kappa shape index (κ2) is 5.25. The molecule has 3 rings (SSSR count). The Kier molecular flexibility index (Phi) is 3.29. The molecular formula is C16H16N4. The Morgan fingerprint density at radius 1 is 1.00 bits per heavy atom. The van der Waals surface area contributed by atoms with Gasteiger partial charge in [0.15, 0.2) is 0 Å². The summed E-state index contributed by atoms with van der Waals surface area (Å²) >= 11 is 0. The molecule has 0 unspecified atom stereocenters. The van der Waals surface area contributed by atoms with Crippen LogP contribution < -0.4 is 0 Å². The topological polar surface area (TPSA) is 42.5 Å². The highest BCUT2D eigenvalue weighted by Crippen LogP contribution is 2.23. The molecule has 0 atom stereocenters. The van der Waals surface area contributed by atoms with Crippen molar-refractivity contribution in [2.45, 2.75) is 20.4 Å². The van der Waals surface area contributed by atoms with Gasteiger partial charge in [0.2, 0.25) is 5.95 Å². The van der Waals surface area contributed by atoms with Gasteiger partial charge in [0, 0.05) is 6.54 Å². The summed E-state index contributed by atoms with van der Waals surface area (Å²) in [5.74, 6) is 0.647. The van der Waals surface area contributed by atoms with Crippen LogP contribution in [0.1, 0.15) is 12.5 Å². The van der Waals surface area contributed by atoms with Crippen molar-refractivity contribution in [2.24, 2.45) is 10.2 Å². The van der Waals surface area contributed by atoms with Crippen LogP contribution in [0.4, 0.5) is 11.6 Å². The molecule has 2 aromatic carbocycles. The zero-order valence-corrected chi connectivity index (χ0v) is 11.6. The minimum Gasteiger partial charge on any atom is -0.307 e. The van der Waals surface area contributed by atoms with Crippen LogP contribution in [0.2, 0.25) is 0 Å². The molecule has 100 valence electrons. The number of aryl methyl sites for hydroxylation is 2. The Morgan fingerprint density at radius 2 is 1.75 bits per heavy atom. The fourth-order valence-electron chi connectivity index (χ4n) is 2.16. The minimum atomic E-state index is 0.647. The van der Waals surface area contributed by atoms with Crippen LogP contribution >= 0.6 is 0 Å². The molecule has 0 amide bonds. The number of hydrogen-bond donors (Lipinski definition) is 0. The first kappa shape index (κ1) is 12.5. The number of rotatable bonds is 3. The second-order valence-electron chi connectivity index (χ2n) is 4.68. The molecule has 1 aromatic heterocycles. The van der Waals surface area contributed by atoms with Gasteiger partial charge in [-0.1, -0.05) is 29.8 Å². The fraction of sp³-hybridized carbons (Fsp3) is 0.188. The number of azo groups is 1. The molecule has 0 fully saturated rings. The van der Waals surface area contributed by atoms with Crippen LogP contribution in [-0.2, 0) is 6.54 Å². The van der Waals surface area contributed by atoms with Crippen molar-refractivity contribution >= 4 is 22.7 Å². The lowest BCUT2D eigenvalue weighted by Crippen LogP contribution is -1.92. The van der Waals surface area contributed by atoms with Gasteiger partial charge in [-0.15, -0.1) is 10.2 Å². The number of benzene rings is 2. The molecule has 4 heteroatoms. The average molecular weight is 264 g/mol. The average Bonchev–Trinajstić information content (AvgIpc) is 2.84. The normalized spacial score (nSPS) is 11.5. The van der Waals surface area contributed by atoms with E-state index in [-0.39, 0.29) is 0 Å². The smallest absolute Gasteiger partial charge is 0.250 e. The lowest BCUT2D eigenvalue weighted by Gasteiger charge is -2.00. The summed E-state index contributed by atoms with van der Waals surface area (Å²) in [5, 5.41) is 8.55. The zero-order valence-electron chi connectivity index (χ0n) is 11.6. The highest BCUT2D eigenvalue weighted by atomic mass is 15.3. The first-order valence-corrected chi connectivity index (χ1v) is 6.71. The highest BCUT2D eigenvalue weighted by Gasteiger charge is 2.07. The monoisotopic (exact) mass is 264 g/mol. The van der Waals surface area contributed by atoms with Crippen molar-refractivity contribution < 1.29 is 0 Å². The number of imidazole rings is 1. The SMILES string of the molecule is CCn1c(N=Nc2ccc(C)cc2)nc2ccccc21. The van der Waals surface area contributed by atoms with E-state index in [0.29, 0.717) is 5.95 Å². The van der Waals surface area contributed by atoms with Gasteiger partial charge in [0.25, 0.3) is 0 Å². The molecule has 0 aliphatic rings. The predicted molar refractivity (Wildman–Crippen MR) is 80.8 cm³/mol. The zero-order chi connectivity index (χ0) is 13.9. The lowest BCUT2D eigenvalue weighted by molar-refractivity contribution is 0.782. The summed E-state index contributed by atoms with van der Waals surface area (Å²) in [6.45, 7) is 4.96. The number of nitrogens with zero attached hydrogens (tertiary/aromatic N) is 4. The molecule has 4 nitrogen and oxygen atoms in total. The molecule has 0 spiro atoms. The van der Waals surface area contributed by atoms with Crippen molar-refractivity contribution in [3.05, 3.63) is 54.1 Å². The molecule has 0 N–H and O–H groups in total. The molecular weight excluding hydrogens is 248 g/mol. The van der Waals surface area contributed by atoms with Gasteiger partial charge < -0.3 is 4.57 Å². The quantitative estimate of drug-likeness (QED) is 0.628. The molecule has 0 aliphatic carbocycles. The van der Waals surface area contributed by atoms with Crippen molar-refractivity contribution in [1.29, 1.82) is 0 Å². The van der Waals surface area contributed by atoms with Crippen LogP contribution in [0.15, 0.2) is 58.8 Å². The van der Waals surface area contributed by atoms with Crippen LogP contribution in [0.3, 0.4) is 0 Å². The third-order valence-electron chi connectivity index (χ3n) is 3.24. The first-order chi connectivity index (χ1) is 9.78. The summed E-state index contributed by atoms with van der Waals surface area (Å²) in [5.41, 5.74) is 4.09. The summed E-state index contributed by atoms with van der Waals surface area (Å²) in [6, 6.07) is 16.0. The van der Waals surface area contributed by atoms with E-state index in [1.165, 1.54) is 5.56 Å². The maximum Gasteiger partial charge on any atom is 0.250 e. The number of fused-ring (bicyclic) bond motifs is 1. The third-order valence-corrected chi connectivity index (χ3v) is 3.24. The number of hydrogen-bond acceptors (Lipinski definition) is 3. The Bertz CT molecular complexity index is 754. The van der Waals surface area contributed by atoms with E-state index in [4.69, 9.17) is 0 Å². The van der Waals surface area contributed by atoms with E-state index < -0.39 is 0 Å². The standard InChI is InChI=1S/C16H16N4/c1-3-20-15-7-5-4-6-14(15)17-16(20)19-18-13-10-8-12(2)9-11-13/h4-11H,3H2,1-2H3. The molecule has 20 heavy (non-hydrogen) atoms. The van der Waals surface area contributed by atoms with Gasteiger partial charge in [-0.3, -0.25) is 0 Å². The maximum absolute atomic E-state index is 4.52. The third kappa shape index (κ3) is 2.32. The summed E-state index contributed by atoms with van der Waals surface area (Å²) in [4.78, 5) is 4.52. The lowest BCUT2D eigenvalue weighted by atomic mass is 10.2. The largest absolute Gasteiger partial charge is 0.307 e. The molecule has 0 aliphatic heterocycles. The van der Waals surface area contributed by atoms with Gasteiger partial charge >= 0.3 is 0 Å². The summed E-state index contributed by atoms with van der Waals surface area (Å²) < 4.78 is 2.06. The first-order valence-electron chi connectivity index (χ1n) is 6.71. The van der Waals surface area contributed by atoms with Crippen LogP contribution in [0.25, 0.3) is 11.0 Å². The van der Waals surface area contributed by atoms with Crippen molar-refractivity contribution in [3.8, 4) is 0 Å². The number of aromatic nitrogens is 2. The van der Waals surface area contributed by atoms with Crippen molar-refractivity contribution in [2.75, 3.05) is 0 Å². The molecule has 3 aromatic rings. The molecule has 1 heterocycles. The van der Waals surface area contributed by atoms with Gasteiger partial charge in [-0.25, -0.2) is 4.98 Å². The fourth-order valence-corrected chi connectivity index (χ4v) is 2.16. The Hall–Kier alpha value is -2.49. The molecule has 0 radical (unpaired) electrons. The van der Waals surface area contributed by atoms with Gasteiger partial charge in [-0.05, 0) is 38.1 Å². The summed E-state index contributed by atoms with van der Waals surface area (Å²) in [7, 11) is 0. The van der Waals surface area contributed by atoms with Crippen molar-refractivity contribution in [1.82, 2.24) is 9.55 Å². The van der Waals surface area contributed by atoms with Crippen molar-refractivity contribution in [3.63, 3.8) is 0 Å². The summed E-state index contributed by atoms with van der Waals surface area (Å²) in [6.07, 6.45) is 0. The van der Waals surface area contributed by atoms with E-state index >= 15 is 0 Å². The van der Waals surface area contributed by atoms with E-state index in [1.807, 2.05) is 42.5 Å². The highest BCUT2D eigenvalue weighted by molar-refractivity contribution is 5.77. The van der Waals surface area contributed by atoms with E-state index in [1.54, 1.807) is 0 Å². The predicted octanol–water partition coefficient (Wildman–Crippen LogP) is 4.78. The van der Waals surface area contributed by atoms with Crippen LogP contribution in [-0.4, -0.2) is 9.55 Å². The molecule has 0 saturated carbocycles. The maximum atomic E-state index is 4.52. The van der Waals surface area contributed by atoms with Crippen LogP contribution in [0, 0.1) is 6.92 Å². The number of para-hydroxylation sites is 2. The van der Waals surface area contributed by atoms with Crippen LogP contribution in [0.5, 0.6) is 0 Å². The second-order valence-corrected chi connectivity index (χ2v) is 4.68. The Labute approximate surface area is 117 Å². The van der Waals surface area contributed by atoms with Gasteiger partial charge in [-0.2, -0.15) is 0 Å². The van der Waals surface area contributed by atoms with E-state index in [2.05, 4.69) is 39.7 Å².